The SMILES string of the molecule is OCC[NH+]1CC[NH+](CCC=C2c3ccccc3Sc3ccc(Cl)cc32)CC1.[Cl-].[Cl-]. The van der Waals surface area contributed by atoms with E-state index in [1.54, 1.807) is 9.80 Å². The van der Waals surface area contributed by atoms with Crippen molar-refractivity contribution < 1.29 is 39.7 Å². The average Bonchev–Trinajstić information content (AvgIpc) is 2.69. The smallest absolute Gasteiger partial charge is 0.127 e. The standard InChI is InChI=1S/C22H25ClN2OS.2ClH/c23-17-7-8-22-20(16-17)18(19-4-1-2-6-21(19)27-22)5-3-9-24-10-12-25(13-11-24)14-15-26;;/h1-2,4-8,16,26H,3,9-15H2;2*1H. The summed E-state index contributed by atoms with van der Waals surface area (Å²) in [5.74, 6) is 0. The summed E-state index contributed by atoms with van der Waals surface area (Å²) in [6.07, 6.45) is 3.48. The maximum Gasteiger partial charge on any atom is 0.127 e. The Labute approximate surface area is 194 Å². The molecular formula is C22H27Cl3N2OS. The summed E-state index contributed by atoms with van der Waals surface area (Å²) in [6.45, 7) is 7.11. The molecule has 158 valence electrons. The molecule has 0 amide bonds. The number of halogens is 3. The Hall–Kier alpha value is -0.720. The van der Waals surface area contributed by atoms with Gasteiger partial charge in [0, 0.05) is 21.2 Å². The number of aliphatic hydroxyl groups excluding tert-OH is 1. The monoisotopic (exact) mass is 472 g/mol. The molecule has 7 heteroatoms. The zero-order valence-corrected chi connectivity index (χ0v) is 19.3. The lowest BCUT2D eigenvalue weighted by molar-refractivity contribution is -1.01. The van der Waals surface area contributed by atoms with Crippen LogP contribution in [0.1, 0.15) is 17.5 Å². The number of piperazine rings is 1. The molecule has 2 aliphatic rings. The Kier molecular flexibility index (Phi) is 9.83. The van der Waals surface area contributed by atoms with Crippen LogP contribution in [0, 0.1) is 0 Å². The first kappa shape index (κ1) is 24.5. The number of hydrogen-bond donors (Lipinski definition) is 3. The summed E-state index contributed by atoms with van der Waals surface area (Å²) in [7, 11) is 0. The van der Waals surface area contributed by atoms with Gasteiger partial charge in [-0.3, -0.25) is 0 Å². The summed E-state index contributed by atoms with van der Waals surface area (Å²) < 4.78 is 0. The van der Waals surface area contributed by atoms with Gasteiger partial charge in [0.2, 0.25) is 0 Å². The molecule has 2 aliphatic heterocycles. The molecule has 4 rings (SSSR count). The largest absolute Gasteiger partial charge is 1.00 e. The van der Waals surface area contributed by atoms with Gasteiger partial charge in [0.15, 0.2) is 0 Å². The first-order chi connectivity index (χ1) is 13.2. The molecule has 0 atom stereocenters. The third-order valence-corrected chi connectivity index (χ3v) is 6.99. The van der Waals surface area contributed by atoms with Crippen LogP contribution in [0.15, 0.2) is 58.3 Å². The van der Waals surface area contributed by atoms with Crippen molar-refractivity contribution in [2.24, 2.45) is 0 Å². The summed E-state index contributed by atoms with van der Waals surface area (Å²) in [6, 6.07) is 14.9. The molecule has 0 unspecified atom stereocenters. The predicted octanol–water partition coefficient (Wildman–Crippen LogP) is -4.59. The Balaban J connectivity index is 0.00000150. The third-order valence-electron chi connectivity index (χ3n) is 5.60. The molecule has 0 saturated carbocycles. The molecule has 1 fully saturated rings. The van der Waals surface area contributed by atoms with Crippen LogP contribution in [0.4, 0.5) is 0 Å². The van der Waals surface area contributed by atoms with Gasteiger partial charge in [0.05, 0.1) is 13.2 Å². The number of aliphatic hydroxyl groups is 1. The van der Waals surface area contributed by atoms with Gasteiger partial charge < -0.3 is 39.7 Å². The van der Waals surface area contributed by atoms with Crippen molar-refractivity contribution in [2.75, 3.05) is 45.9 Å². The van der Waals surface area contributed by atoms with Gasteiger partial charge in [0.1, 0.15) is 32.7 Å². The summed E-state index contributed by atoms with van der Waals surface area (Å²) >= 11 is 8.14. The van der Waals surface area contributed by atoms with E-state index in [2.05, 4.69) is 42.5 Å². The molecule has 2 heterocycles. The normalized spacial score (nSPS) is 21.5. The van der Waals surface area contributed by atoms with Crippen LogP contribution in [-0.2, 0) is 0 Å². The van der Waals surface area contributed by atoms with Crippen molar-refractivity contribution in [3.8, 4) is 0 Å². The predicted molar refractivity (Wildman–Crippen MR) is 112 cm³/mol. The van der Waals surface area contributed by atoms with Crippen molar-refractivity contribution in [3.63, 3.8) is 0 Å². The Bertz CT molecular complexity index is 839. The van der Waals surface area contributed by atoms with Crippen LogP contribution in [0.2, 0.25) is 5.02 Å². The van der Waals surface area contributed by atoms with E-state index >= 15 is 0 Å². The number of quaternary nitrogens is 2. The van der Waals surface area contributed by atoms with Gasteiger partial charge >= 0.3 is 0 Å². The lowest BCUT2D eigenvalue weighted by Crippen LogP contribution is -3.28. The molecule has 29 heavy (non-hydrogen) atoms. The van der Waals surface area contributed by atoms with Gasteiger partial charge in [-0.05, 0) is 41.0 Å². The maximum atomic E-state index is 9.10. The van der Waals surface area contributed by atoms with Crippen LogP contribution in [0.5, 0.6) is 0 Å². The van der Waals surface area contributed by atoms with E-state index in [4.69, 9.17) is 16.7 Å². The van der Waals surface area contributed by atoms with E-state index in [-0.39, 0.29) is 24.8 Å². The molecule has 2 aromatic rings. The van der Waals surface area contributed by atoms with Crippen molar-refractivity contribution >= 4 is 28.9 Å². The minimum atomic E-state index is 0. The van der Waals surface area contributed by atoms with Gasteiger partial charge in [0.25, 0.3) is 0 Å². The zero-order valence-electron chi connectivity index (χ0n) is 16.3. The fraction of sp³-hybridized carbons (Fsp3) is 0.364. The van der Waals surface area contributed by atoms with Gasteiger partial charge in [-0.2, -0.15) is 0 Å². The second kappa shape index (κ2) is 11.6. The maximum absolute atomic E-state index is 9.10. The lowest BCUT2D eigenvalue weighted by atomic mass is 9.96. The molecule has 0 aromatic heterocycles. The minimum absolute atomic E-state index is 0. The Morgan fingerprint density at radius 2 is 1.55 bits per heavy atom. The fourth-order valence-corrected chi connectivity index (χ4v) is 5.36. The second-order valence-electron chi connectivity index (χ2n) is 7.37. The molecule has 0 aliphatic carbocycles. The van der Waals surface area contributed by atoms with E-state index in [1.807, 2.05) is 17.8 Å². The van der Waals surface area contributed by atoms with E-state index in [1.165, 1.54) is 59.2 Å². The Morgan fingerprint density at radius 1 is 0.897 bits per heavy atom. The van der Waals surface area contributed by atoms with Crippen LogP contribution < -0.4 is 34.6 Å². The van der Waals surface area contributed by atoms with E-state index in [9.17, 15) is 0 Å². The van der Waals surface area contributed by atoms with Crippen LogP contribution in [-0.4, -0.2) is 51.0 Å². The molecule has 3 N–H and O–H groups in total. The highest BCUT2D eigenvalue weighted by atomic mass is 35.5. The number of nitrogens with one attached hydrogen (secondary N) is 2. The average molecular weight is 474 g/mol. The highest BCUT2D eigenvalue weighted by Crippen LogP contribution is 2.46. The first-order valence-electron chi connectivity index (χ1n) is 9.80. The topological polar surface area (TPSA) is 29.1 Å². The molecular weight excluding hydrogens is 447 g/mol. The number of rotatable bonds is 5. The van der Waals surface area contributed by atoms with Crippen molar-refractivity contribution in [3.05, 3.63) is 64.7 Å². The van der Waals surface area contributed by atoms with E-state index < -0.39 is 0 Å². The molecule has 1 saturated heterocycles. The van der Waals surface area contributed by atoms with E-state index in [0.717, 1.165) is 18.0 Å². The van der Waals surface area contributed by atoms with Gasteiger partial charge in [-0.15, -0.1) is 0 Å². The number of hydrogen-bond acceptors (Lipinski definition) is 2. The van der Waals surface area contributed by atoms with Crippen LogP contribution in [0.3, 0.4) is 0 Å². The highest BCUT2D eigenvalue weighted by Gasteiger charge is 2.23. The van der Waals surface area contributed by atoms with Crippen LogP contribution in [0.25, 0.3) is 5.57 Å². The molecule has 0 bridgehead atoms. The second-order valence-corrected chi connectivity index (χ2v) is 8.89. The number of benzene rings is 2. The van der Waals surface area contributed by atoms with Crippen molar-refractivity contribution in [1.82, 2.24) is 0 Å². The molecule has 0 radical (unpaired) electrons. The third kappa shape index (κ3) is 5.92. The number of fused-ring (bicyclic) bond motifs is 2. The quantitative estimate of drug-likeness (QED) is 0.348. The summed E-state index contributed by atoms with van der Waals surface area (Å²) in [5.41, 5.74) is 3.91. The van der Waals surface area contributed by atoms with Gasteiger partial charge in [-0.1, -0.05) is 47.6 Å². The first-order valence-corrected chi connectivity index (χ1v) is 11.0. The minimum Gasteiger partial charge on any atom is -1.00 e. The van der Waals surface area contributed by atoms with Gasteiger partial charge in [-0.25, -0.2) is 0 Å². The summed E-state index contributed by atoms with van der Waals surface area (Å²) in [5, 5.41) is 9.90. The van der Waals surface area contributed by atoms with E-state index in [0.29, 0.717) is 6.61 Å². The molecule has 3 nitrogen and oxygen atoms in total. The highest BCUT2D eigenvalue weighted by molar-refractivity contribution is 7.99. The van der Waals surface area contributed by atoms with Crippen LogP contribution >= 0.6 is 23.4 Å². The molecule has 0 spiro atoms. The zero-order chi connectivity index (χ0) is 18.6. The molecule has 2 aromatic carbocycles. The summed E-state index contributed by atoms with van der Waals surface area (Å²) in [4.78, 5) is 5.84. The lowest BCUT2D eigenvalue weighted by Gasteiger charge is -2.29. The Morgan fingerprint density at radius 3 is 2.28 bits per heavy atom. The van der Waals surface area contributed by atoms with Crippen molar-refractivity contribution in [1.29, 1.82) is 0 Å². The van der Waals surface area contributed by atoms with Crippen molar-refractivity contribution in [2.45, 2.75) is 16.2 Å². The fourth-order valence-electron chi connectivity index (χ4n) is 4.10.